The van der Waals surface area contributed by atoms with Crippen molar-refractivity contribution >= 4 is 40.1 Å². The van der Waals surface area contributed by atoms with Crippen LogP contribution in [0.1, 0.15) is 29.3 Å². The molecule has 8 heteroatoms. The number of thioether (sulfide) groups is 1. The molecule has 142 valence electrons. The molecule has 1 saturated heterocycles. The normalized spacial score (nSPS) is 25.8. The number of amidine groups is 1. The molecule has 0 saturated carbocycles. The van der Waals surface area contributed by atoms with Crippen LogP contribution in [0.5, 0.6) is 5.75 Å². The van der Waals surface area contributed by atoms with Gasteiger partial charge in [0.1, 0.15) is 11.4 Å². The second-order valence-corrected chi connectivity index (χ2v) is 8.43. The number of rotatable bonds is 2. The van der Waals surface area contributed by atoms with E-state index in [4.69, 9.17) is 16.3 Å². The number of ether oxygens (including phenoxy) is 1. The molecule has 2 aromatic rings. The van der Waals surface area contributed by atoms with E-state index in [0.717, 1.165) is 32.0 Å². The fourth-order valence-corrected chi connectivity index (χ4v) is 5.22. The Kier molecular flexibility index (Phi) is 4.40. The zero-order chi connectivity index (χ0) is 19.3. The van der Waals surface area contributed by atoms with Gasteiger partial charge in [0, 0.05) is 11.9 Å². The quantitative estimate of drug-likeness (QED) is 0.708. The van der Waals surface area contributed by atoms with E-state index in [1.165, 1.54) is 0 Å². The summed E-state index contributed by atoms with van der Waals surface area (Å²) in [5.41, 5.74) is 7.57. The Bertz CT molecular complexity index is 1040. The van der Waals surface area contributed by atoms with Gasteiger partial charge in [-0.2, -0.15) is 10.0 Å². The van der Waals surface area contributed by atoms with Gasteiger partial charge in [-0.15, -0.1) is 5.43 Å². The van der Waals surface area contributed by atoms with Crippen LogP contribution >= 0.6 is 23.4 Å². The molecule has 1 amide bonds. The van der Waals surface area contributed by atoms with Crippen LogP contribution in [0.4, 0.5) is 5.69 Å². The SMILES string of the molecule is CC1=CN=C2SC(c3ccc4c(c3)NC(=O)CO4)C(c3ccccc3Cl)N[NH+]12. The summed E-state index contributed by atoms with van der Waals surface area (Å²) in [7, 11) is 0. The highest BCUT2D eigenvalue weighted by molar-refractivity contribution is 8.13. The average molecular weight is 414 g/mol. The Balaban J connectivity index is 1.57. The lowest BCUT2D eigenvalue weighted by Crippen LogP contribution is -3.18. The number of nitrogens with zero attached hydrogens (tertiary/aromatic N) is 1. The standard InChI is InChI=1S/C20H17ClN4O2S/c1-11-9-22-20-25(11)24-18(13-4-2-3-5-14(13)21)19(28-20)12-6-7-16-15(8-12)23-17(26)10-27-16/h2-9,18-19,24H,10H2,1H3,(H,23,26)/p+1. The zero-order valence-electron chi connectivity index (χ0n) is 15.0. The predicted molar refractivity (Wildman–Crippen MR) is 110 cm³/mol. The van der Waals surface area contributed by atoms with Gasteiger partial charge in [-0.3, -0.25) is 4.79 Å². The molecule has 3 N–H and O–H groups in total. The van der Waals surface area contributed by atoms with Crippen molar-refractivity contribution in [2.75, 3.05) is 11.9 Å². The number of aliphatic imine (C=N–C) groups is 1. The summed E-state index contributed by atoms with van der Waals surface area (Å²) in [5.74, 6) is 0.548. The topological polar surface area (TPSA) is 67.2 Å². The predicted octanol–water partition coefficient (Wildman–Crippen LogP) is 2.82. The van der Waals surface area contributed by atoms with Crippen molar-refractivity contribution in [2.24, 2.45) is 4.99 Å². The van der Waals surface area contributed by atoms with E-state index in [-0.39, 0.29) is 23.8 Å². The number of allylic oxidation sites excluding steroid dienone is 1. The molecule has 28 heavy (non-hydrogen) atoms. The maximum Gasteiger partial charge on any atom is 0.287 e. The number of carbonyl (C=O) groups excluding carboxylic acids is 1. The third kappa shape index (κ3) is 3.00. The van der Waals surface area contributed by atoms with Gasteiger partial charge in [0.2, 0.25) is 0 Å². The van der Waals surface area contributed by atoms with E-state index >= 15 is 0 Å². The first-order chi connectivity index (χ1) is 13.6. The summed E-state index contributed by atoms with van der Waals surface area (Å²) in [6, 6.07) is 13.8. The maximum absolute atomic E-state index is 11.7. The second kappa shape index (κ2) is 6.93. The van der Waals surface area contributed by atoms with Gasteiger partial charge < -0.3 is 10.1 Å². The number of amides is 1. The number of carbonyl (C=O) groups is 1. The molecule has 0 radical (unpaired) electrons. The first kappa shape index (κ1) is 17.8. The van der Waals surface area contributed by atoms with Crippen LogP contribution in [-0.4, -0.2) is 17.7 Å². The molecule has 2 aromatic carbocycles. The van der Waals surface area contributed by atoms with Crippen LogP contribution in [-0.2, 0) is 4.79 Å². The summed E-state index contributed by atoms with van der Waals surface area (Å²) in [6.45, 7) is 2.10. The monoisotopic (exact) mass is 413 g/mol. The molecule has 1 fully saturated rings. The molecule has 3 aliphatic rings. The maximum atomic E-state index is 11.7. The number of nitrogens with one attached hydrogen (secondary N) is 3. The number of hydrogen-bond acceptors (Lipinski definition) is 5. The van der Waals surface area contributed by atoms with E-state index in [2.05, 4.69) is 22.7 Å². The van der Waals surface area contributed by atoms with Gasteiger partial charge in [0.15, 0.2) is 6.61 Å². The third-order valence-electron chi connectivity index (χ3n) is 5.03. The minimum atomic E-state index is -0.141. The van der Waals surface area contributed by atoms with E-state index in [1.54, 1.807) is 11.8 Å². The Hall–Kier alpha value is -2.32. The van der Waals surface area contributed by atoms with Crippen molar-refractivity contribution in [3.63, 3.8) is 0 Å². The number of fused-ring (bicyclic) bond motifs is 2. The number of anilines is 1. The summed E-state index contributed by atoms with van der Waals surface area (Å²) < 4.78 is 5.50. The minimum Gasteiger partial charge on any atom is -0.482 e. The molecule has 3 heterocycles. The molecule has 0 bridgehead atoms. The number of benzene rings is 2. The molecule has 3 aliphatic heterocycles. The van der Waals surface area contributed by atoms with Gasteiger partial charge in [-0.25, -0.2) is 0 Å². The summed E-state index contributed by atoms with van der Waals surface area (Å²) >= 11 is 8.25. The van der Waals surface area contributed by atoms with Crippen molar-refractivity contribution in [3.05, 3.63) is 70.5 Å². The lowest BCUT2D eigenvalue weighted by Gasteiger charge is -2.35. The number of halogens is 1. The molecule has 5 rings (SSSR count). The molecule has 0 spiro atoms. The van der Waals surface area contributed by atoms with Crippen LogP contribution in [0.2, 0.25) is 5.02 Å². The van der Waals surface area contributed by atoms with Crippen molar-refractivity contribution in [2.45, 2.75) is 18.2 Å². The summed E-state index contributed by atoms with van der Waals surface area (Å²) in [5, 5.41) is 5.68. The van der Waals surface area contributed by atoms with Crippen molar-refractivity contribution in [3.8, 4) is 5.75 Å². The van der Waals surface area contributed by atoms with E-state index in [9.17, 15) is 4.79 Å². The highest BCUT2D eigenvalue weighted by atomic mass is 35.5. The van der Waals surface area contributed by atoms with Gasteiger partial charge in [-0.05, 0) is 41.1 Å². The highest BCUT2D eigenvalue weighted by Crippen LogP contribution is 2.45. The number of quaternary nitrogens is 1. The van der Waals surface area contributed by atoms with Crippen molar-refractivity contribution in [1.82, 2.24) is 5.43 Å². The van der Waals surface area contributed by atoms with Gasteiger partial charge in [0.25, 0.3) is 11.1 Å². The zero-order valence-corrected chi connectivity index (χ0v) is 16.6. The van der Waals surface area contributed by atoms with E-state index < -0.39 is 0 Å². The van der Waals surface area contributed by atoms with Crippen LogP contribution in [0.25, 0.3) is 0 Å². The number of hydrogen-bond donors (Lipinski definition) is 3. The second-order valence-electron chi connectivity index (χ2n) is 6.90. The van der Waals surface area contributed by atoms with E-state index in [1.807, 2.05) is 48.7 Å². The van der Waals surface area contributed by atoms with Crippen molar-refractivity contribution in [1.29, 1.82) is 0 Å². The largest absolute Gasteiger partial charge is 0.482 e. The molecular weight excluding hydrogens is 396 g/mol. The molecule has 0 aliphatic carbocycles. The van der Waals surface area contributed by atoms with Crippen LogP contribution < -0.4 is 20.5 Å². The first-order valence-corrected chi connectivity index (χ1v) is 10.2. The van der Waals surface area contributed by atoms with Gasteiger partial charge >= 0.3 is 0 Å². The van der Waals surface area contributed by atoms with Gasteiger partial charge in [-0.1, -0.05) is 35.9 Å². The summed E-state index contributed by atoms with van der Waals surface area (Å²) in [4.78, 5) is 16.3. The fraction of sp³-hybridized carbons (Fsp3) is 0.200. The Morgan fingerprint density at radius 2 is 2.14 bits per heavy atom. The Morgan fingerprint density at radius 3 is 3.00 bits per heavy atom. The summed E-state index contributed by atoms with van der Waals surface area (Å²) in [6.07, 6.45) is 1.89. The molecule has 0 aromatic heterocycles. The van der Waals surface area contributed by atoms with Crippen molar-refractivity contribution < 1.29 is 14.5 Å². The van der Waals surface area contributed by atoms with Crippen LogP contribution in [0.15, 0.2) is 59.4 Å². The Morgan fingerprint density at radius 1 is 1.29 bits per heavy atom. The minimum absolute atomic E-state index is 0.0332. The fourth-order valence-electron chi connectivity index (χ4n) is 3.64. The van der Waals surface area contributed by atoms with Crippen LogP contribution in [0.3, 0.4) is 0 Å². The lowest BCUT2D eigenvalue weighted by molar-refractivity contribution is -0.815. The smallest absolute Gasteiger partial charge is 0.287 e. The first-order valence-electron chi connectivity index (χ1n) is 8.96. The molecule has 6 nitrogen and oxygen atoms in total. The van der Waals surface area contributed by atoms with Gasteiger partial charge in [0.05, 0.1) is 23.2 Å². The third-order valence-corrected chi connectivity index (χ3v) is 6.71. The molecule has 3 atom stereocenters. The highest BCUT2D eigenvalue weighted by Gasteiger charge is 2.42. The molecule has 3 unspecified atom stereocenters. The lowest BCUT2D eigenvalue weighted by atomic mass is 9.97. The average Bonchev–Trinajstić information content (AvgIpc) is 3.07. The van der Waals surface area contributed by atoms with Crippen LogP contribution in [0, 0.1) is 0 Å². The molecular formula is C20H18ClN4O2S+. The van der Waals surface area contributed by atoms with E-state index in [0.29, 0.717) is 11.4 Å². The Labute approximate surface area is 171 Å².